The highest BCUT2D eigenvalue weighted by Crippen LogP contribution is 2.13. The van der Waals surface area contributed by atoms with E-state index in [-0.39, 0.29) is 0 Å². The van der Waals surface area contributed by atoms with Crippen molar-refractivity contribution >= 4 is 0 Å². The van der Waals surface area contributed by atoms with Gasteiger partial charge < -0.3 is 15.4 Å². The fraction of sp³-hybridized carbons (Fsp3) is 0.556. The molecule has 116 valence electrons. The second-order valence-electron chi connectivity index (χ2n) is 5.84. The molecule has 0 bridgehead atoms. The van der Waals surface area contributed by atoms with Gasteiger partial charge in [-0.05, 0) is 44.5 Å². The molecule has 0 radical (unpaired) electrons. The Hall–Kier alpha value is -1.50. The summed E-state index contributed by atoms with van der Waals surface area (Å²) in [7, 11) is 2.15. The van der Waals surface area contributed by atoms with Crippen molar-refractivity contribution in [3.8, 4) is 17.6 Å². The summed E-state index contributed by atoms with van der Waals surface area (Å²) in [6.07, 6.45) is 1.21. The van der Waals surface area contributed by atoms with Crippen LogP contribution >= 0.6 is 0 Å². The molecule has 3 heteroatoms. The largest absolute Gasteiger partial charge is 0.492 e. The van der Waals surface area contributed by atoms with Gasteiger partial charge >= 0.3 is 0 Å². The zero-order chi connectivity index (χ0) is 15.7. The van der Waals surface area contributed by atoms with E-state index in [0.717, 1.165) is 23.8 Å². The SMILES string of the molecule is CC(C)CC(C)N(C)CCOc1cccc(C#CCN)c1. The number of hydrogen-bond acceptors (Lipinski definition) is 3. The molecular formula is C18H28N2O. The van der Waals surface area contributed by atoms with Gasteiger partial charge in [-0.1, -0.05) is 31.8 Å². The van der Waals surface area contributed by atoms with Crippen molar-refractivity contribution in [2.24, 2.45) is 11.7 Å². The molecule has 0 aliphatic rings. The molecule has 21 heavy (non-hydrogen) atoms. The first-order valence-electron chi connectivity index (χ1n) is 7.65. The van der Waals surface area contributed by atoms with E-state index in [0.29, 0.717) is 19.2 Å². The average Bonchev–Trinajstić information content (AvgIpc) is 2.44. The molecule has 1 atom stereocenters. The van der Waals surface area contributed by atoms with E-state index in [9.17, 15) is 0 Å². The number of likely N-dealkylation sites (N-methyl/N-ethyl adjacent to an activating group) is 1. The van der Waals surface area contributed by atoms with Gasteiger partial charge in [0.15, 0.2) is 0 Å². The Morgan fingerprint density at radius 2 is 2.05 bits per heavy atom. The molecule has 0 fully saturated rings. The second-order valence-corrected chi connectivity index (χ2v) is 5.84. The molecule has 0 amide bonds. The molecule has 1 unspecified atom stereocenters. The monoisotopic (exact) mass is 288 g/mol. The van der Waals surface area contributed by atoms with Gasteiger partial charge in [0.05, 0.1) is 6.54 Å². The van der Waals surface area contributed by atoms with Gasteiger partial charge in [0.25, 0.3) is 0 Å². The van der Waals surface area contributed by atoms with Crippen LogP contribution in [-0.2, 0) is 0 Å². The molecular weight excluding hydrogens is 260 g/mol. The van der Waals surface area contributed by atoms with E-state index in [1.54, 1.807) is 0 Å². The Morgan fingerprint density at radius 1 is 1.29 bits per heavy atom. The lowest BCUT2D eigenvalue weighted by Crippen LogP contribution is -2.33. The summed E-state index contributed by atoms with van der Waals surface area (Å²) in [5.41, 5.74) is 6.32. The molecule has 0 aliphatic heterocycles. The van der Waals surface area contributed by atoms with Crippen molar-refractivity contribution in [3.05, 3.63) is 29.8 Å². The molecule has 2 N–H and O–H groups in total. The van der Waals surface area contributed by atoms with Gasteiger partial charge in [-0.25, -0.2) is 0 Å². The summed E-state index contributed by atoms with van der Waals surface area (Å²) >= 11 is 0. The fourth-order valence-electron chi connectivity index (χ4n) is 2.21. The fourth-order valence-corrected chi connectivity index (χ4v) is 2.21. The normalized spacial score (nSPS) is 12.1. The highest BCUT2D eigenvalue weighted by Gasteiger charge is 2.10. The molecule has 1 rings (SSSR count). The van der Waals surface area contributed by atoms with Gasteiger partial charge in [-0.3, -0.25) is 0 Å². The topological polar surface area (TPSA) is 38.5 Å². The van der Waals surface area contributed by atoms with Crippen molar-refractivity contribution in [1.82, 2.24) is 4.90 Å². The quantitative estimate of drug-likeness (QED) is 0.784. The Bertz CT molecular complexity index is 474. The highest BCUT2D eigenvalue weighted by molar-refractivity contribution is 5.39. The van der Waals surface area contributed by atoms with Gasteiger partial charge in [-0.2, -0.15) is 0 Å². The van der Waals surface area contributed by atoms with Gasteiger partial charge in [0.2, 0.25) is 0 Å². The number of nitrogens with two attached hydrogens (primary N) is 1. The lowest BCUT2D eigenvalue weighted by Gasteiger charge is -2.26. The van der Waals surface area contributed by atoms with Crippen LogP contribution in [0.1, 0.15) is 32.8 Å². The minimum absolute atomic E-state index is 0.379. The molecule has 0 saturated heterocycles. The molecule has 0 aliphatic carbocycles. The van der Waals surface area contributed by atoms with E-state index >= 15 is 0 Å². The lowest BCUT2D eigenvalue weighted by molar-refractivity contribution is 0.184. The Kier molecular flexibility index (Phi) is 7.89. The van der Waals surface area contributed by atoms with Crippen LogP contribution < -0.4 is 10.5 Å². The molecule has 0 aromatic heterocycles. The Labute approximate surface area is 129 Å². The van der Waals surface area contributed by atoms with E-state index in [4.69, 9.17) is 10.5 Å². The number of hydrogen-bond donors (Lipinski definition) is 1. The maximum absolute atomic E-state index is 5.81. The third-order valence-electron chi connectivity index (χ3n) is 3.45. The molecule has 0 spiro atoms. The number of benzene rings is 1. The minimum Gasteiger partial charge on any atom is -0.492 e. The molecule has 0 saturated carbocycles. The van der Waals surface area contributed by atoms with E-state index in [1.807, 2.05) is 24.3 Å². The summed E-state index contributed by atoms with van der Waals surface area (Å²) in [5, 5.41) is 0. The predicted octanol–water partition coefficient (Wildman–Crippen LogP) is 2.74. The summed E-state index contributed by atoms with van der Waals surface area (Å²) in [6.45, 7) is 8.77. The van der Waals surface area contributed by atoms with Crippen molar-refractivity contribution in [2.75, 3.05) is 26.7 Å². The van der Waals surface area contributed by atoms with Gasteiger partial charge in [0.1, 0.15) is 12.4 Å². The maximum Gasteiger partial charge on any atom is 0.120 e. The highest BCUT2D eigenvalue weighted by atomic mass is 16.5. The predicted molar refractivity (Wildman–Crippen MR) is 89.4 cm³/mol. The number of nitrogens with zero attached hydrogens (tertiary/aromatic N) is 1. The minimum atomic E-state index is 0.379. The Balaban J connectivity index is 2.41. The summed E-state index contributed by atoms with van der Waals surface area (Å²) < 4.78 is 5.81. The average molecular weight is 288 g/mol. The van der Waals surface area contributed by atoms with E-state index < -0.39 is 0 Å². The number of ether oxygens (including phenoxy) is 1. The standard InChI is InChI=1S/C18H28N2O/c1-15(2)13-16(3)20(4)11-12-21-18-9-5-7-17(14-18)8-6-10-19/h5,7,9,14-16H,10-13,19H2,1-4H3. The first kappa shape index (κ1) is 17.6. The van der Waals surface area contributed by atoms with Crippen LogP contribution in [0.15, 0.2) is 24.3 Å². The molecule has 1 aromatic rings. The summed E-state index contributed by atoms with van der Waals surface area (Å²) in [4.78, 5) is 2.35. The third-order valence-corrected chi connectivity index (χ3v) is 3.45. The molecule has 1 aromatic carbocycles. The van der Waals surface area contributed by atoms with Crippen molar-refractivity contribution < 1.29 is 4.74 Å². The Morgan fingerprint density at radius 3 is 2.71 bits per heavy atom. The smallest absolute Gasteiger partial charge is 0.120 e. The van der Waals surface area contributed by atoms with Gasteiger partial charge in [0, 0.05) is 18.2 Å². The van der Waals surface area contributed by atoms with Crippen LogP contribution in [0.5, 0.6) is 5.75 Å². The summed E-state index contributed by atoms with van der Waals surface area (Å²) in [6, 6.07) is 8.42. The van der Waals surface area contributed by atoms with E-state index in [2.05, 4.69) is 44.6 Å². The lowest BCUT2D eigenvalue weighted by atomic mass is 10.0. The van der Waals surface area contributed by atoms with Gasteiger partial charge in [-0.15, -0.1) is 0 Å². The first-order valence-corrected chi connectivity index (χ1v) is 7.65. The molecule has 0 heterocycles. The van der Waals surface area contributed by atoms with Crippen LogP contribution in [-0.4, -0.2) is 37.7 Å². The maximum atomic E-state index is 5.81. The summed E-state index contributed by atoms with van der Waals surface area (Å²) in [5.74, 6) is 7.46. The van der Waals surface area contributed by atoms with E-state index in [1.165, 1.54) is 6.42 Å². The van der Waals surface area contributed by atoms with Crippen LogP contribution in [0.3, 0.4) is 0 Å². The zero-order valence-electron chi connectivity index (χ0n) is 13.7. The zero-order valence-corrected chi connectivity index (χ0v) is 13.7. The van der Waals surface area contributed by atoms with Crippen LogP contribution in [0.4, 0.5) is 0 Å². The second kappa shape index (κ2) is 9.44. The van der Waals surface area contributed by atoms with Crippen molar-refractivity contribution in [3.63, 3.8) is 0 Å². The van der Waals surface area contributed by atoms with Crippen LogP contribution in [0.25, 0.3) is 0 Å². The van der Waals surface area contributed by atoms with Crippen LogP contribution in [0, 0.1) is 17.8 Å². The van der Waals surface area contributed by atoms with Crippen molar-refractivity contribution in [1.29, 1.82) is 0 Å². The van der Waals surface area contributed by atoms with Crippen molar-refractivity contribution in [2.45, 2.75) is 33.2 Å². The first-order chi connectivity index (χ1) is 10.0. The number of rotatable bonds is 7. The third kappa shape index (κ3) is 7.17. The molecule has 3 nitrogen and oxygen atoms in total. The van der Waals surface area contributed by atoms with Crippen LogP contribution in [0.2, 0.25) is 0 Å².